The number of aryl methyl sites for hydroxylation is 1. The predicted molar refractivity (Wildman–Crippen MR) is 169 cm³/mol. The number of thioether (sulfide) groups is 1. The van der Waals surface area contributed by atoms with Gasteiger partial charge < -0.3 is 4.74 Å². The minimum absolute atomic E-state index is 0.0568. The van der Waals surface area contributed by atoms with Crippen molar-refractivity contribution in [1.29, 1.82) is 0 Å². The van der Waals surface area contributed by atoms with E-state index in [9.17, 15) is 18.0 Å². The third-order valence-corrected chi connectivity index (χ3v) is 7.48. The number of hydrazone groups is 1. The zero-order valence-corrected chi connectivity index (χ0v) is 25.4. The molecule has 0 atom stereocenters. The van der Waals surface area contributed by atoms with Crippen LogP contribution in [0.15, 0.2) is 83.2 Å². The van der Waals surface area contributed by atoms with Crippen molar-refractivity contribution in [2.24, 2.45) is 10.1 Å². The van der Waals surface area contributed by atoms with Gasteiger partial charge in [0.25, 0.3) is 0 Å². The first-order chi connectivity index (χ1) is 21.0. The molecule has 1 aliphatic rings. The van der Waals surface area contributed by atoms with E-state index in [0.717, 1.165) is 27.9 Å². The lowest BCUT2D eigenvalue weighted by atomic mass is 9.98. The summed E-state index contributed by atoms with van der Waals surface area (Å²) in [6.45, 7) is 6.19. The van der Waals surface area contributed by atoms with Crippen molar-refractivity contribution >= 4 is 52.1 Å². The van der Waals surface area contributed by atoms with Crippen molar-refractivity contribution in [3.05, 3.63) is 89.7 Å². The van der Waals surface area contributed by atoms with Crippen LogP contribution in [0.2, 0.25) is 0 Å². The van der Waals surface area contributed by atoms with Gasteiger partial charge in [-0.3, -0.25) is 15.1 Å². The fourth-order valence-electron chi connectivity index (χ4n) is 4.33. The van der Waals surface area contributed by atoms with Gasteiger partial charge in [0, 0.05) is 5.56 Å². The summed E-state index contributed by atoms with van der Waals surface area (Å²) in [4.78, 5) is 23.1. The first kappa shape index (κ1) is 30.9. The third kappa shape index (κ3) is 7.50. The number of aliphatic imine (C=N–C) groups is 1. The number of thiocarbonyl (C=S) groups is 1. The lowest BCUT2D eigenvalue weighted by Gasteiger charge is -2.22. The lowest BCUT2D eigenvalue weighted by Crippen LogP contribution is -2.31. The van der Waals surface area contributed by atoms with Gasteiger partial charge in [-0.25, -0.2) is 9.67 Å². The number of aromatic nitrogens is 3. The molecule has 4 aromatic rings. The molecule has 44 heavy (non-hydrogen) atoms. The number of carbonyl (C=O) groups excluding carboxylic acids is 1. The number of amides is 1. The molecule has 0 spiro atoms. The molecule has 1 fully saturated rings. The van der Waals surface area contributed by atoms with Gasteiger partial charge in [0.05, 0.1) is 23.3 Å². The Labute approximate surface area is 260 Å². The number of nitrogens with one attached hydrogen (secondary N) is 1. The summed E-state index contributed by atoms with van der Waals surface area (Å²) in [5, 5.41) is 9.20. The van der Waals surface area contributed by atoms with Gasteiger partial charge in [0.15, 0.2) is 11.0 Å². The Hall–Kier alpha value is -4.56. The molecule has 0 radical (unpaired) electrons. The third-order valence-electron chi connectivity index (χ3n) is 6.38. The molecule has 226 valence electrons. The van der Waals surface area contributed by atoms with Crippen LogP contribution < -0.4 is 15.1 Å². The molecule has 0 bridgehead atoms. The molecule has 1 saturated heterocycles. The van der Waals surface area contributed by atoms with Crippen LogP contribution in [0.1, 0.15) is 36.5 Å². The standard InChI is InChI=1S/C30H26F3N7O2S2/c1-18(2)24-14-19(3)4-13-25(24)40-26(41)16-44-29(40)36-28(43)37-35-15-20-5-7-21(8-6-20)27-34-17-39(38-27)22-9-11-23(12-10-22)42-30(31,32)33/h4-15,17-18H,16H2,1-3H3,(H,37,43)/b35-15+,36-29-. The number of ether oxygens (including phenoxy) is 1. The van der Waals surface area contributed by atoms with Gasteiger partial charge in [-0.1, -0.05) is 67.6 Å². The maximum atomic E-state index is 12.8. The minimum Gasteiger partial charge on any atom is -0.406 e. The molecule has 3 aromatic carbocycles. The predicted octanol–water partition coefficient (Wildman–Crippen LogP) is 6.61. The summed E-state index contributed by atoms with van der Waals surface area (Å²) in [5.74, 6) is 0.553. The van der Waals surface area contributed by atoms with E-state index in [4.69, 9.17) is 12.2 Å². The molecule has 9 nitrogen and oxygen atoms in total. The molecule has 0 aliphatic carbocycles. The Morgan fingerprint density at radius 3 is 2.52 bits per heavy atom. The summed E-state index contributed by atoms with van der Waals surface area (Å²) in [6, 6.07) is 18.6. The van der Waals surface area contributed by atoms with Crippen LogP contribution >= 0.6 is 24.0 Å². The molecular formula is C30H26F3N7O2S2. The van der Waals surface area contributed by atoms with Gasteiger partial charge in [0.2, 0.25) is 11.0 Å². The Kier molecular flexibility index (Phi) is 9.11. The second-order valence-corrected chi connectivity index (χ2v) is 11.3. The number of rotatable bonds is 7. The van der Waals surface area contributed by atoms with E-state index in [1.54, 1.807) is 11.1 Å². The van der Waals surface area contributed by atoms with E-state index < -0.39 is 6.36 Å². The van der Waals surface area contributed by atoms with Crippen LogP contribution in [0.4, 0.5) is 18.9 Å². The second-order valence-electron chi connectivity index (χ2n) is 9.98. The van der Waals surface area contributed by atoms with E-state index in [2.05, 4.69) is 50.3 Å². The number of nitrogens with zero attached hydrogens (tertiary/aromatic N) is 6. The van der Waals surface area contributed by atoms with Crippen molar-refractivity contribution in [3.63, 3.8) is 0 Å². The lowest BCUT2D eigenvalue weighted by molar-refractivity contribution is -0.274. The van der Waals surface area contributed by atoms with Gasteiger partial charge in [-0.2, -0.15) is 10.1 Å². The van der Waals surface area contributed by atoms with Crippen molar-refractivity contribution in [3.8, 4) is 22.8 Å². The van der Waals surface area contributed by atoms with Crippen molar-refractivity contribution in [2.45, 2.75) is 33.1 Å². The van der Waals surface area contributed by atoms with Crippen LogP contribution in [-0.4, -0.2) is 49.3 Å². The average Bonchev–Trinajstić information content (AvgIpc) is 3.60. The molecule has 1 N–H and O–H groups in total. The summed E-state index contributed by atoms with van der Waals surface area (Å²) in [7, 11) is 0. The van der Waals surface area contributed by atoms with Crippen LogP contribution in [-0.2, 0) is 4.79 Å². The number of benzene rings is 3. The average molecular weight is 638 g/mol. The van der Waals surface area contributed by atoms with E-state index >= 15 is 0 Å². The van der Waals surface area contributed by atoms with Crippen LogP contribution in [0.25, 0.3) is 17.1 Å². The molecule has 5 rings (SSSR count). The molecular weight excluding hydrogens is 612 g/mol. The van der Waals surface area contributed by atoms with Crippen LogP contribution in [0.5, 0.6) is 5.75 Å². The first-order valence-corrected chi connectivity index (χ1v) is 14.7. The molecule has 14 heteroatoms. The van der Waals surface area contributed by atoms with Crippen LogP contribution in [0, 0.1) is 6.92 Å². The summed E-state index contributed by atoms with van der Waals surface area (Å²) >= 11 is 6.70. The summed E-state index contributed by atoms with van der Waals surface area (Å²) in [6.07, 6.45) is -1.71. The zero-order valence-electron chi connectivity index (χ0n) is 23.7. The molecule has 1 amide bonds. The number of hydrogen-bond donors (Lipinski definition) is 1. The highest BCUT2D eigenvalue weighted by Crippen LogP contribution is 2.34. The normalized spacial score (nSPS) is 14.7. The fraction of sp³-hybridized carbons (Fsp3) is 0.200. The smallest absolute Gasteiger partial charge is 0.406 e. The first-order valence-electron chi connectivity index (χ1n) is 13.3. The second kappa shape index (κ2) is 13.0. The molecule has 2 heterocycles. The molecule has 0 unspecified atom stereocenters. The Bertz CT molecular complexity index is 1730. The zero-order chi connectivity index (χ0) is 31.4. The van der Waals surface area contributed by atoms with Gasteiger partial charge >= 0.3 is 6.36 Å². The molecule has 1 aromatic heterocycles. The maximum Gasteiger partial charge on any atom is 0.573 e. The Morgan fingerprint density at radius 1 is 1.11 bits per heavy atom. The summed E-state index contributed by atoms with van der Waals surface area (Å²) < 4.78 is 42.5. The quantitative estimate of drug-likeness (QED) is 0.138. The van der Waals surface area contributed by atoms with E-state index in [1.807, 2.05) is 43.3 Å². The van der Waals surface area contributed by atoms with E-state index in [-0.39, 0.29) is 28.4 Å². The van der Waals surface area contributed by atoms with Gasteiger partial charge in [-0.15, -0.1) is 18.3 Å². The Morgan fingerprint density at radius 2 is 1.84 bits per heavy atom. The van der Waals surface area contributed by atoms with E-state index in [1.165, 1.54) is 47.0 Å². The van der Waals surface area contributed by atoms with Crippen molar-refractivity contribution < 1.29 is 22.7 Å². The minimum atomic E-state index is -4.76. The highest BCUT2D eigenvalue weighted by molar-refractivity contribution is 8.15. The monoisotopic (exact) mass is 637 g/mol. The van der Waals surface area contributed by atoms with Crippen LogP contribution in [0.3, 0.4) is 0 Å². The summed E-state index contributed by atoms with van der Waals surface area (Å²) in [5.41, 5.74) is 7.74. The van der Waals surface area contributed by atoms with E-state index in [0.29, 0.717) is 16.7 Å². The van der Waals surface area contributed by atoms with Crippen molar-refractivity contribution in [1.82, 2.24) is 20.2 Å². The molecule has 1 aliphatic heterocycles. The number of hydrogen-bond acceptors (Lipinski definition) is 7. The highest BCUT2D eigenvalue weighted by Gasteiger charge is 2.32. The topological polar surface area (TPSA) is 97.0 Å². The highest BCUT2D eigenvalue weighted by atomic mass is 32.2. The number of amidine groups is 1. The van der Waals surface area contributed by atoms with Gasteiger partial charge in [-0.05, 0) is 66.5 Å². The largest absolute Gasteiger partial charge is 0.573 e. The van der Waals surface area contributed by atoms with Crippen molar-refractivity contribution in [2.75, 3.05) is 10.7 Å². The fourth-order valence-corrected chi connectivity index (χ4v) is 5.40. The molecule has 0 saturated carbocycles. The Balaban J connectivity index is 1.21. The maximum absolute atomic E-state index is 12.8. The number of halogens is 3. The van der Waals surface area contributed by atoms with Gasteiger partial charge in [0.1, 0.15) is 12.1 Å². The number of alkyl halides is 3. The number of anilines is 1. The SMILES string of the molecule is Cc1ccc(N2C(=O)CS/C2=N\C(=S)N/N=C/c2ccc(-c3ncn(-c4ccc(OC(F)(F)F)cc4)n3)cc2)c(C(C)C)c1. The number of carbonyl (C=O) groups is 1.